The summed E-state index contributed by atoms with van der Waals surface area (Å²) in [6.07, 6.45) is 10.0. The van der Waals surface area contributed by atoms with E-state index < -0.39 is 0 Å². The predicted molar refractivity (Wildman–Crippen MR) is 108 cm³/mol. The second-order valence-electron chi connectivity index (χ2n) is 8.18. The number of carbonyl (C=O) groups is 1. The van der Waals surface area contributed by atoms with Gasteiger partial charge in [0.25, 0.3) is 0 Å². The van der Waals surface area contributed by atoms with Gasteiger partial charge in [0.15, 0.2) is 0 Å². The molecule has 1 aromatic heterocycles. The van der Waals surface area contributed by atoms with Crippen molar-refractivity contribution in [2.75, 3.05) is 13.7 Å². The molecule has 27 heavy (non-hydrogen) atoms. The van der Waals surface area contributed by atoms with Gasteiger partial charge in [-0.05, 0) is 68.5 Å². The molecule has 3 N–H and O–H groups in total. The minimum Gasteiger partial charge on any atom is -0.469 e. The zero-order chi connectivity index (χ0) is 18.6. The van der Waals surface area contributed by atoms with Gasteiger partial charge in [-0.1, -0.05) is 18.2 Å². The van der Waals surface area contributed by atoms with Gasteiger partial charge in [0, 0.05) is 29.6 Å². The maximum atomic E-state index is 11.6. The molecule has 2 aromatic rings. The number of aromatic nitrogens is 1. The van der Waals surface area contributed by atoms with Crippen LogP contribution < -0.4 is 10.6 Å². The summed E-state index contributed by atoms with van der Waals surface area (Å²) in [4.78, 5) is 15.0. The minimum atomic E-state index is -0.0834. The molecular formula is C22H31N3O2. The van der Waals surface area contributed by atoms with Crippen LogP contribution in [0.2, 0.25) is 0 Å². The van der Waals surface area contributed by atoms with Crippen molar-refractivity contribution >= 4 is 16.9 Å². The van der Waals surface area contributed by atoms with Crippen molar-refractivity contribution < 1.29 is 9.53 Å². The third-order valence-corrected chi connectivity index (χ3v) is 6.42. The monoisotopic (exact) mass is 369 g/mol. The van der Waals surface area contributed by atoms with Gasteiger partial charge < -0.3 is 15.0 Å². The molecule has 0 bridgehead atoms. The molecule has 4 rings (SSSR count). The number of piperidine rings is 1. The Morgan fingerprint density at radius 1 is 1.19 bits per heavy atom. The molecule has 1 aliphatic carbocycles. The lowest BCUT2D eigenvalue weighted by Gasteiger charge is -2.36. The van der Waals surface area contributed by atoms with Crippen LogP contribution >= 0.6 is 0 Å². The van der Waals surface area contributed by atoms with Gasteiger partial charge >= 0.3 is 5.97 Å². The number of esters is 1. The molecule has 2 fully saturated rings. The van der Waals surface area contributed by atoms with Crippen molar-refractivity contribution in [3.05, 3.63) is 36.0 Å². The standard InChI is InChI=1S/C22H31N3O2/c1-27-22(26)13-15-10-11-23-21(12-15)25-17-8-6-16(7-9-17)19-14-24-20-5-3-2-4-18(19)20/h2-5,14-17,21,23-25H,6-13H2,1H3. The van der Waals surface area contributed by atoms with E-state index in [-0.39, 0.29) is 5.97 Å². The first-order chi connectivity index (χ1) is 13.2. The molecule has 1 saturated carbocycles. The van der Waals surface area contributed by atoms with Crippen LogP contribution in [0.15, 0.2) is 30.5 Å². The smallest absolute Gasteiger partial charge is 0.305 e. The summed E-state index contributed by atoms with van der Waals surface area (Å²) < 4.78 is 4.83. The number of hydrogen-bond donors (Lipinski definition) is 3. The number of benzene rings is 1. The van der Waals surface area contributed by atoms with Crippen LogP contribution in [0.1, 0.15) is 56.4 Å². The molecule has 0 spiro atoms. The topological polar surface area (TPSA) is 66.2 Å². The van der Waals surface area contributed by atoms with E-state index in [9.17, 15) is 4.79 Å². The van der Waals surface area contributed by atoms with Crippen molar-refractivity contribution in [1.82, 2.24) is 15.6 Å². The van der Waals surface area contributed by atoms with E-state index in [0.29, 0.717) is 30.5 Å². The van der Waals surface area contributed by atoms with Gasteiger partial charge in [-0.3, -0.25) is 10.1 Å². The lowest BCUT2D eigenvalue weighted by Crippen LogP contribution is -2.52. The summed E-state index contributed by atoms with van der Waals surface area (Å²) in [7, 11) is 1.48. The highest BCUT2D eigenvalue weighted by molar-refractivity contribution is 5.83. The van der Waals surface area contributed by atoms with E-state index in [1.807, 2.05) is 0 Å². The van der Waals surface area contributed by atoms with Crippen LogP contribution in [-0.4, -0.2) is 36.8 Å². The lowest BCUT2D eigenvalue weighted by atomic mass is 9.81. The molecule has 0 radical (unpaired) electrons. The number of hydrogen-bond acceptors (Lipinski definition) is 4. The Bertz CT molecular complexity index is 764. The molecule has 1 aliphatic heterocycles. The summed E-state index contributed by atoms with van der Waals surface area (Å²) in [6.45, 7) is 0.976. The maximum Gasteiger partial charge on any atom is 0.305 e. The number of aromatic amines is 1. The number of methoxy groups -OCH3 is 1. The largest absolute Gasteiger partial charge is 0.469 e. The number of para-hydroxylation sites is 1. The molecule has 0 amide bonds. The van der Waals surface area contributed by atoms with Gasteiger partial charge in [-0.2, -0.15) is 0 Å². The van der Waals surface area contributed by atoms with Crippen LogP contribution in [0.4, 0.5) is 0 Å². The molecule has 2 atom stereocenters. The normalized spacial score (nSPS) is 28.9. The molecule has 1 saturated heterocycles. The van der Waals surface area contributed by atoms with Gasteiger partial charge in [0.1, 0.15) is 0 Å². The number of carbonyl (C=O) groups excluding carboxylic acids is 1. The molecule has 2 unspecified atom stereocenters. The first-order valence-electron chi connectivity index (χ1n) is 10.3. The average Bonchev–Trinajstić information content (AvgIpc) is 3.13. The minimum absolute atomic E-state index is 0.0834. The Morgan fingerprint density at radius 2 is 2.00 bits per heavy atom. The zero-order valence-electron chi connectivity index (χ0n) is 16.2. The fraction of sp³-hybridized carbons (Fsp3) is 0.591. The van der Waals surface area contributed by atoms with E-state index in [0.717, 1.165) is 19.4 Å². The van der Waals surface area contributed by atoms with E-state index >= 15 is 0 Å². The Labute approximate surface area is 161 Å². The molecule has 5 heteroatoms. The number of nitrogens with one attached hydrogen (secondary N) is 3. The molecule has 1 aromatic carbocycles. The molecule has 5 nitrogen and oxygen atoms in total. The van der Waals surface area contributed by atoms with Gasteiger partial charge in [0.2, 0.25) is 0 Å². The third-order valence-electron chi connectivity index (χ3n) is 6.42. The predicted octanol–water partition coefficient (Wildman–Crippen LogP) is 3.67. The fourth-order valence-corrected chi connectivity index (χ4v) is 4.91. The summed E-state index contributed by atoms with van der Waals surface area (Å²) in [5.74, 6) is 1.00. The van der Waals surface area contributed by atoms with Crippen molar-refractivity contribution in [3.8, 4) is 0 Å². The quantitative estimate of drug-likeness (QED) is 0.704. The zero-order valence-corrected chi connectivity index (χ0v) is 16.2. The highest BCUT2D eigenvalue weighted by Gasteiger charge is 2.28. The molecule has 2 heterocycles. The van der Waals surface area contributed by atoms with Crippen LogP contribution in [0.3, 0.4) is 0 Å². The van der Waals surface area contributed by atoms with Crippen molar-refractivity contribution in [2.45, 2.75) is 63.1 Å². The van der Waals surface area contributed by atoms with Crippen molar-refractivity contribution in [3.63, 3.8) is 0 Å². The lowest BCUT2D eigenvalue weighted by molar-refractivity contribution is -0.142. The Morgan fingerprint density at radius 3 is 2.81 bits per heavy atom. The highest BCUT2D eigenvalue weighted by atomic mass is 16.5. The van der Waals surface area contributed by atoms with Crippen LogP contribution in [-0.2, 0) is 9.53 Å². The molecular weight excluding hydrogens is 338 g/mol. The van der Waals surface area contributed by atoms with E-state index in [1.54, 1.807) is 0 Å². The second kappa shape index (κ2) is 8.44. The van der Waals surface area contributed by atoms with E-state index in [4.69, 9.17) is 4.74 Å². The SMILES string of the molecule is COC(=O)CC1CCNC(NC2CCC(c3c[nH]c4ccccc34)CC2)C1. The summed E-state index contributed by atoms with van der Waals surface area (Å²) in [5.41, 5.74) is 2.73. The van der Waals surface area contributed by atoms with E-state index in [2.05, 4.69) is 46.1 Å². The van der Waals surface area contributed by atoms with Crippen molar-refractivity contribution in [1.29, 1.82) is 0 Å². The highest BCUT2D eigenvalue weighted by Crippen LogP contribution is 2.36. The first-order valence-corrected chi connectivity index (χ1v) is 10.3. The Hall–Kier alpha value is -1.85. The Balaban J connectivity index is 1.29. The number of fused-ring (bicyclic) bond motifs is 1. The third kappa shape index (κ3) is 4.36. The number of ether oxygens (including phenoxy) is 1. The average molecular weight is 370 g/mol. The van der Waals surface area contributed by atoms with Gasteiger partial charge in [-0.15, -0.1) is 0 Å². The summed E-state index contributed by atoms with van der Waals surface area (Å²) >= 11 is 0. The number of H-pyrrole nitrogens is 1. The van der Waals surface area contributed by atoms with E-state index in [1.165, 1.54) is 49.3 Å². The van der Waals surface area contributed by atoms with Crippen LogP contribution in [0, 0.1) is 5.92 Å². The van der Waals surface area contributed by atoms with Crippen LogP contribution in [0.5, 0.6) is 0 Å². The van der Waals surface area contributed by atoms with Crippen LogP contribution in [0.25, 0.3) is 10.9 Å². The van der Waals surface area contributed by atoms with Gasteiger partial charge in [0.05, 0.1) is 13.3 Å². The van der Waals surface area contributed by atoms with Crippen molar-refractivity contribution in [2.24, 2.45) is 5.92 Å². The maximum absolute atomic E-state index is 11.6. The fourth-order valence-electron chi connectivity index (χ4n) is 4.91. The summed E-state index contributed by atoms with van der Waals surface area (Å²) in [6, 6.07) is 9.19. The Kier molecular flexibility index (Phi) is 5.79. The number of rotatable bonds is 5. The molecule has 2 aliphatic rings. The second-order valence-corrected chi connectivity index (χ2v) is 8.18. The first kappa shape index (κ1) is 18.5. The molecule has 146 valence electrons. The summed E-state index contributed by atoms with van der Waals surface area (Å²) in [5, 5.41) is 8.78. The van der Waals surface area contributed by atoms with Gasteiger partial charge in [-0.25, -0.2) is 0 Å².